The Kier molecular flexibility index (Phi) is 3.94. The zero-order valence-electron chi connectivity index (χ0n) is 12.4. The van der Waals surface area contributed by atoms with Crippen LogP contribution in [0, 0.1) is 0 Å². The molecule has 0 fully saturated rings. The average molecular weight is 352 g/mol. The Morgan fingerprint density at radius 1 is 1.04 bits per heavy atom. The average Bonchev–Trinajstić information content (AvgIpc) is 3.24. The van der Waals surface area contributed by atoms with E-state index >= 15 is 0 Å². The predicted octanol–water partition coefficient (Wildman–Crippen LogP) is 5.06. The molecular formula is C17H12N4OS2. The van der Waals surface area contributed by atoms with E-state index in [1.807, 2.05) is 53.9 Å². The lowest BCUT2D eigenvalue weighted by Crippen LogP contribution is -2.18. The van der Waals surface area contributed by atoms with E-state index in [1.165, 1.54) is 22.7 Å². The van der Waals surface area contributed by atoms with Crippen LogP contribution in [0.25, 0.3) is 20.9 Å². The summed E-state index contributed by atoms with van der Waals surface area (Å²) in [7, 11) is 0. The number of pyridine rings is 1. The molecule has 0 atom stereocenters. The molecule has 2 N–H and O–H groups in total. The summed E-state index contributed by atoms with van der Waals surface area (Å²) in [6, 6.07) is 14.9. The van der Waals surface area contributed by atoms with Gasteiger partial charge in [-0.3, -0.25) is 5.32 Å². The largest absolute Gasteiger partial charge is 0.324 e. The van der Waals surface area contributed by atoms with Gasteiger partial charge in [-0.2, -0.15) is 0 Å². The highest BCUT2D eigenvalue weighted by atomic mass is 32.1. The molecule has 118 valence electrons. The highest BCUT2D eigenvalue weighted by Gasteiger charge is 2.09. The standard InChI is InChI=1S/C17H12N4OS2/c22-17(21-14-7-3-9-23-14)19-12-5-1-4-11(10-12)15-20-13-6-2-8-18-16(13)24-15/h1-10H,(H2,19,21,22). The zero-order chi connectivity index (χ0) is 16.4. The van der Waals surface area contributed by atoms with Crippen molar-refractivity contribution >= 4 is 49.7 Å². The van der Waals surface area contributed by atoms with Gasteiger partial charge in [-0.15, -0.1) is 11.3 Å². The summed E-state index contributed by atoms with van der Waals surface area (Å²) in [6.45, 7) is 0. The van der Waals surface area contributed by atoms with Crippen LogP contribution in [-0.4, -0.2) is 16.0 Å². The molecule has 0 aliphatic heterocycles. The number of hydrogen-bond acceptors (Lipinski definition) is 5. The summed E-state index contributed by atoms with van der Waals surface area (Å²) in [5.41, 5.74) is 2.55. The smallest absolute Gasteiger partial charge is 0.308 e. The van der Waals surface area contributed by atoms with Crippen LogP contribution in [0.5, 0.6) is 0 Å². The number of hydrogen-bond donors (Lipinski definition) is 2. The van der Waals surface area contributed by atoms with E-state index in [9.17, 15) is 4.79 Å². The number of rotatable bonds is 3. The molecule has 0 spiro atoms. The Balaban J connectivity index is 1.55. The fourth-order valence-electron chi connectivity index (χ4n) is 2.25. The number of aromatic nitrogens is 2. The van der Waals surface area contributed by atoms with E-state index in [-0.39, 0.29) is 6.03 Å². The summed E-state index contributed by atoms with van der Waals surface area (Å²) in [6.07, 6.45) is 1.76. The number of nitrogens with zero attached hydrogens (tertiary/aromatic N) is 2. The second-order valence-corrected chi connectivity index (χ2v) is 6.91. The topological polar surface area (TPSA) is 66.9 Å². The summed E-state index contributed by atoms with van der Waals surface area (Å²) >= 11 is 3.01. The van der Waals surface area contributed by atoms with Crippen molar-refractivity contribution < 1.29 is 4.79 Å². The Hall–Kier alpha value is -2.77. The molecular weight excluding hydrogens is 340 g/mol. The minimum atomic E-state index is -0.263. The van der Waals surface area contributed by atoms with E-state index in [0.29, 0.717) is 5.69 Å². The van der Waals surface area contributed by atoms with Crippen molar-refractivity contribution in [3.63, 3.8) is 0 Å². The van der Waals surface area contributed by atoms with Crippen LogP contribution in [0.3, 0.4) is 0 Å². The Morgan fingerprint density at radius 2 is 2.00 bits per heavy atom. The van der Waals surface area contributed by atoms with Gasteiger partial charge >= 0.3 is 6.03 Å². The second-order valence-electron chi connectivity index (χ2n) is 4.98. The van der Waals surface area contributed by atoms with Crippen LogP contribution in [0.2, 0.25) is 0 Å². The van der Waals surface area contributed by atoms with Gasteiger partial charge in [-0.1, -0.05) is 23.5 Å². The van der Waals surface area contributed by atoms with Crippen molar-refractivity contribution in [2.45, 2.75) is 0 Å². The second kappa shape index (κ2) is 6.38. The summed E-state index contributed by atoms with van der Waals surface area (Å²) in [5.74, 6) is 0. The van der Waals surface area contributed by atoms with Crippen LogP contribution >= 0.6 is 22.7 Å². The number of amides is 2. The number of carbonyl (C=O) groups is 1. The Morgan fingerprint density at radius 3 is 2.83 bits per heavy atom. The number of fused-ring (bicyclic) bond motifs is 1. The third-order valence-corrected chi connectivity index (χ3v) is 5.11. The zero-order valence-corrected chi connectivity index (χ0v) is 14.0. The van der Waals surface area contributed by atoms with Crippen molar-refractivity contribution in [1.82, 2.24) is 9.97 Å². The van der Waals surface area contributed by atoms with Crippen molar-refractivity contribution in [2.24, 2.45) is 0 Å². The molecule has 3 aromatic heterocycles. The number of carbonyl (C=O) groups excluding carboxylic acids is 1. The Bertz CT molecular complexity index is 962. The molecule has 3 heterocycles. The molecule has 2 amide bonds. The summed E-state index contributed by atoms with van der Waals surface area (Å²) in [4.78, 5) is 21.8. The first-order valence-corrected chi connectivity index (χ1v) is 8.91. The molecule has 24 heavy (non-hydrogen) atoms. The van der Waals surface area contributed by atoms with Crippen LogP contribution in [0.1, 0.15) is 0 Å². The summed E-state index contributed by atoms with van der Waals surface area (Å²) in [5, 5.41) is 9.24. The molecule has 1 aromatic carbocycles. The van der Waals surface area contributed by atoms with Crippen LogP contribution in [-0.2, 0) is 0 Å². The van der Waals surface area contributed by atoms with E-state index in [4.69, 9.17) is 0 Å². The lowest BCUT2D eigenvalue weighted by molar-refractivity contribution is 0.262. The summed E-state index contributed by atoms with van der Waals surface area (Å²) < 4.78 is 0. The molecule has 0 aliphatic carbocycles. The van der Waals surface area contributed by atoms with Gasteiger partial charge in [0.25, 0.3) is 0 Å². The highest BCUT2D eigenvalue weighted by Crippen LogP contribution is 2.30. The number of thiophene rings is 1. The number of nitrogens with one attached hydrogen (secondary N) is 2. The van der Waals surface area contributed by atoms with Gasteiger partial charge in [0.1, 0.15) is 15.4 Å². The van der Waals surface area contributed by atoms with Crippen LogP contribution in [0.4, 0.5) is 15.5 Å². The van der Waals surface area contributed by atoms with Gasteiger partial charge in [-0.05, 0) is 41.8 Å². The molecule has 5 nitrogen and oxygen atoms in total. The lowest BCUT2D eigenvalue weighted by atomic mass is 10.2. The molecule has 7 heteroatoms. The van der Waals surface area contributed by atoms with Crippen LogP contribution < -0.4 is 10.6 Å². The van der Waals surface area contributed by atoms with Crippen molar-refractivity contribution in [3.8, 4) is 10.6 Å². The maximum atomic E-state index is 12.0. The molecule has 0 saturated heterocycles. The first-order chi connectivity index (χ1) is 11.8. The number of anilines is 2. The lowest BCUT2D eigenvalue weighted by Gasteiger charge is -2.07. The van der Waals surface area contributed by atoms with E-state index in [2.05, 4.69) is 20.6 Å². The molecule has 4 rings (SSSR count). The van der Waals surface area contributed by atoms with Gasteiger partial charge in [0, 0.05) is 17.4 Å². The molecule has 0 saturated carbocycles. The third kappa shape index (κ3) is 3.12. The quantitative estimate of drug-likeness (QED) is 0.541. The van der Waals surface area contributed by atoms with Gasteiger partial charge in [0.05, 0.1) is 5.00 Å². The van der Waals surface area contributed by atoms with Gasteiger partial charge in [-0.25, -0.2) is 14.8 Å². The van der Waals surface area contributed by atoms with Crippen molar-refractivity contribution in [2.75, 3.05) is 10.6 Å². The minimum Gasteiger partial charge on any atom is -0.308 e. The van der Waals surface area contributed by atoms with Crippen molar-refractivity contribution in [3.05, 3.63) is 60.1 Å². The first kappa shape index (κ1) is 14.8. The van der Waals surface area contributed by atoms with Crippen LogP contribution in [0.15, 0.2) is 60.1 Å². The maximum absolute atomic E-state index is 12.0. The fraction of sp³-hybridized carbons (Fsp3) is 0. The monoisotopic (exact) mass is 352 g/mol. The molecule has 0 unspecified atom stereocenters. The Labute approximate surface area is 146 Å². The van der Waals surface area contributed by atoms with Gasteiger partial charge < -0.3 is 5.32 Å². The predicted molar refractivity (Wildman–Crippen MR) is 99.8 cm³/mol. The molecule has 4 aromatic rings. The third-order valence-electron chi connectivity index (χ3n) is 3.29. The van der Waals surface area contributed by atoms with E-state index in [0.717, 1.165) is 25.9 Å². The first-order valence-electron chi connectivity index (χ1n) is 7.21. The molecule has 0 bridgehead atoms. The maximum Gasteiger partial charge on any atom is 0.324 e. The van der Waals surface area contributed by atoms with E-state index < -0.39 is 0 Å². The van der Waals surface area contributed by atoms with Gasteiger partial charge in [0.2, 0.25) is 0 Å². The fourth-order valence-corrected chi connectivity index (χ4v) is 3.76. The van der Waals surface area contributed by atoms with Crippen molar-refractivity contribution in [1.29, 1.82) is 0 Å². The number of thiazole rings is 1. The normalized spacial score (nSPS) is 10.7. The SMILES string of the molecule is O=C(Nc1cccc(-c2nc3cccnc3s2)c1)Nc1cccs1. The number of benzene rings is 1. The molecule has 0 aliphatic rings. The van der Waals surface area contributed by atoms with E-state index in [1.54, 1.807) is 6.20 Å². The molecule has 0 radical (unpaired) electrons. The number of urea groups is 1. The minimum absolute atomic E-state index is 0.263. The highest BCUT2D eigenvalue weighted by molar-refractivity contribution is 7.21. The van der Waals surface area contributed by atoms with Gasteiger partial charge in [0.15, 0.2) is 0 Å².